The molecule has 0 saturated heterocycles. The van der Waals surface area contributed by atoms with Gasteiger partial charge in [-0.05, 0) is 30.0 Å². The summed E-state index contributed by atoms with van der Waals surface area (Å²) in [7, 11) is 1.43. The van der Waals surface area contributed by atoms with Gasteiger partial charge in [0.25, 0.3) is 0 Å². The maximum atomic E-state index is 12.4. The minimum absolute atomic E-state index is 0.0309. The second-order valence-electron chi connectivity index (χ2n) is 6.41. The van der Waals surface area contributed by atoms with Gasteiger partial charge in [0.15, 0.2) is 11.5 Å². The average Bonchev–Trinajstić information content (AvgIpc) is 3.30. The van der Waals surface area contributed by atoms with E-state index in [0.29, 0.717) is 10.9 Å². The molecule has 1 saturated carbocycles. The predicted molar refractivity (Wildman–Crippen MR) is 95.8 cm³/mol. The molecule has 0 spiro atoms. The fraction of sp³-hybridized carbons (Fsp3) is 0.556. The Balaban J connectivity index is 1.52. The van der Waals surface area contributed by atoms with Gasteiger partial charge < -0.3 is 9.47 Å². The van der Waals surface area contributed by atoms with Crippen molar-refractivity contribution >= 4 is 11.8 Å². The second kappa shape index (κ2) is 9.21. The van der Waals surface area contributed by atoms with Crippen molar-refractivity contribution in [2.24, 2.45) is 5.92 Å². The molecular weight excluding hydrogens is 360 g/mol. The van der Waals surface area contributed by atoms with Crippen LogP contribution >= 0.6 is 11.8 Å². The number of aryl methyl sites for hydroxylation is 1. The van der Waals surface area contributed by atoms with Crippen LogP contribution in [0.2, 0.25) is 0 Å². The molecule has 0 unspecified atom stereocenters. The number of aromatic amines is 1. The van der Waals surface area contributed by atoms with Crippen LogP contribution in [-0.4, -0.2) is 28.9 Å². The van der Waals surface area contributed by atoms with Gasteiger partial charge in [-0.3, -0.25) is 5.10 Å². The topological polar surface area (TPSA) is 60.0 Å². The van der Waals surface area contributed by atoms with Gasteiger partial charge in [0, 0.05) is 12.2 Å². The van der Waals surface area contributed by atoms with Crippen LogP contribution in [0.4, 0.5) is 8.78 Å². The van der Waals surface area contributed by atoms with Crippen molar-refractivity contribution in [3.05, 3.63) is 29.6 Å². The highest BCUT2D eigenvalue weighted by Gasteiger charge is 2.16. The van der Waals surface area contributed by atoms with E-state index in [0.717, 1.165) is 23.7 Å². The van der Waals surface area contributed by atoms with Crippen molar-refractivity contribution in [1.29, 1.82) is 0 Å². The zero-order valence-electron chi connectivity index (χ0n) is 14.7. The normalized spacial score (nSPS) is 14.9. The molecular formula is C18H23F2N3O2S. The van der Waals surface area contributed by atoms with Crippen LogP contribution in [0.1, 0.15) is 43.5 Å². The van der Waals surface area contributed by atoms with Gasteiger partial charge in [0.05, 0.1) is 7.11 Å². The predicted octanol–water partition coefficient (Wildman–Crippen LogP) is 4.83. The van der Waals surface area contributed by atoms with Crippen LogP contribution in [0, 0.1) is 5.92 Å². The second-order valence-corrected chi connectivity index (χ2v) is 7.35. The molecule has 2 aromatic rings. The lowest BCUT2D eigenvalue weighted by Gasteiger charge is -2.10. The molecule has 1 heterocycles. The lowest BCUT2D eigenvalue weighted by molar-refractivity contribution is -0.0512. The van der Waals surface area contributed by atoms with E-state index in [1.807, 2.05) is 0 Å². The number of H-pyrrole nitrogens is 1. The average molecular weight is 383 g/mol. The molecule has 1 aromatic carbocycles. The molecule has 1 aliphatic carbocycles. The summed E-state index contributed by atoms with van der Waals surface area (Å²) in [4.78, 5) is 4.53. The van der Waals surface area contributed by atoms with Crippen LogP contribution in [-0.2, 0) is 12.2 Å². The molecule has 1 fully saturated rings. The highest BCUT2D eigenvalue weighted by atomic mass is 32.2. The van der Waals surface area contributed by atoms with Gasteiger partial charge in [-0.2, -0.15) is 8.78 Å². The van der Waals surface area contributed by atoms with E-state index in [1.54, 1.807) is 12.1 Å². The number of halogens is 2. The number of methoxy groups -OCH3 is 1. The van der Waals surface area contributed by atoms with Gasteiger partial charge >= 0.3 is 6.61 Å². The zero-order chi connectivity index (χ0) is 18.4. The molecule has 26 heavy (non-hydrogen) atoms. The first-order valence-corrected chi connectivity index (χ1v) is 9.78. The first kappa shape index (κ1) is 18.9. The summed E-state index contributed by atoms with van der Waals surface area (Å²) in [6.07, 6.45) is 7.49. The first-order chi connectivity index (χ1) is 12.6. The van der Waals surface area contributed by atoms with Crippen LogP contribution in [0.25, 0.3) is 0 Å². The summed E-state index contributed by atoms with van der Waals surface area (Å²) in [5.41, 5.74) is 0.922. The van der Waals surface area contributed by atoms with Crippen LogP contribution in [0.3, 0.4) is 0 Å². The van der Waals surface area contributed by atoms with Crippen molar-refractivity contribution in [1.82, 2.24) is 15.2 Å². The number of nitrogens with one attached hydrogen (secondary N) is 1. The smallest absolute Gasteiger partial charge is 0.387 e. The number of hydrogen-bond acceptors (Lipinski definition) is 5. The Morgan fingerprint density at radius 1 is 1.27 bits per heavy atom. The highest BCUT2D eigenvalue weighted by Crippen LogP contribution is 2.32. The van der Waals surface area contributed by atoms with Crippen molar-refractivity contribution in [3.63, 3.8) is 0 Å². The van der Waals surface area contributed by atoms with Crippen LogP contribution in [0.5, 0.6) is 11.5 Å². The number of alkyl halides is 2. The largest absolute Gasteiger partial charge is 0.493 e. The Kier molecular flexibility index (Phi) is 6.71. The Labute approximate surface area is 155 Å². The molecule has 3 rings (SSSR count). The molecule has 8 heteroatoms. The van der Waals surface area contributed by atoms with E-state index in [9.17, 15) is 8.78 Å². The molecule has 1 aliphatic rings. The van der Waals surface area contributed by atoms with E-state index in [-0.39, 0.29) is 11.5 Å². The van der Waals surface area contributed by atoms with Gasteiger partial charge in [0.1, 0.15) is 5.82 Å². The molecule has 0 radical (unpaired) electrons. The van der Waals surface area contributed by atoms with E-state index < -0.39 is 6.61 Å². The maximum absolute atomic E-state index is 12.4. The molecule has 1 aromatic heterocycles. The molecule has 142 valence electrons. The lowest BCUT2D eigenvalue weighted by Crippen LogP contribution is -2.03. The number of aromatic nitrogens is 3. The lowest BCUT2D eigenvalue weighted by atomic mass is 10.0. The summed E-state index contributed by atoms with van der Waals surface area (Å²) >= 11 is 1.49. The zero-order valence-corrected chi connectivity index (χ0v) is 15.5. The number of nitrogens with zero attached hydrogens (tertiary/aromatic N) is 2. The monoisotopic (exact) mass is 383 g/mol. The molecule has 0 bridgehead atoms. The quantitative estimate of drug-likeness (QED) is 0.629. The van der Waals surface area contributed by atoms with E-state index >= 15 is 0 Å². The third-order valence-corrected chi connectivity index (χ3v) is 5.51. The summed E-state index contributed by atoms with van der Waals surface area (Å²) < 4.78 is 34.3. The molecule has 5 nitrogen and oxygen atoms in total. The first-order valence-electron chi connectivity index (χ1n) is 8.80. The SMILES string of the molecule is COc1cc(CSc2n[nH]c(CCC3CCCC3)n2)ccc1OC(F)F. The summed E-state index contributed by atoms with van der Waals surface area (Å²) in [6.45, 7) is -2.87. The Bertz CT molecular complexity index is 705. The number of ether oxygens (including phenoxy) is 2. The van der Waals surface area contributed by atoms with Gasteiger partial charge in [-0.25, -0.2) is 4.98 Å². The third kappa shape index (κ3) is 5.33. The fourth-order valence-electron chi connectivity index (χ4n) is 3.24. The maximum Gasteiger partial charge on any atom is 0.387 e. The minimum Gasteiger partial charge on any atom is -0.493 e. The van der Waals surface area contributed by atoms with E-state index in [1.165, 1.54) is 57.0 Å². The molecule has 1 N–H and O–H groups in total. The third-order valence-electron chi connectivity index (χ3n) is 4.59. The van der Waals surface area contributed by atoms with Crippen molar-refractivity contribution < 1.29 is 18.3 Å². The van der Waals surface area contributed by atoms with Gasteiger partial charge in [0.2, 0.25) is 5.16 Å². The van der Waals surface area contributed by atoms with Crippen molar-refractivity contribution in [3.8, 4) is 11.5 Å². The van der Waals surface area contributed by atoms with Crippen molar-refractivity contribution in [2.45, 2.75) is 56.0 Å². The number of benzene rings is 1. The van der Waals surface area contributed by atoms with Crippen molar-refractivity contribution in [2.75, 3.05) is 7.11 Å². The summed E-state index contributed by atoms with van der Waals surface area (Å²) in [5.74, 6) is 2.69. The van der Waals surface area contributed by atoms with Gasteiger partial charge in [-0.1, -0.05) is 43.5 Å². The van der Waals surface area contributed by atoms with E-state index in [4.69, 9.17) is 4.74 Å². The minimum atomic E-state index is -2.87. The number of hydrogen-bond donors (Lipinski definition) is 1. The highest BCUT2D eigenvalue weighted by molar-refractivity contribution is 7.98. The molecule has 0 aliphatic heterocycles. The Hall–Kier alpha value is -1.83. The van der Waals surface area contributed by atoms with Gasteiger partial charge in [-0.15, -0.1) is 5.10 Å². The molecule has 0 amide bonds. The van der Waals surface area contributed by atoms with E-state index in [2.05, 4.69) is 19.9 Å². The standard InChI is InChI=1S/C18H23F2N3O2S/c1-24-15-10-13(6-8-14(15)25-17(19)20)11-26-18-21-16(22-23-18)9-7-12-4-2-3-5-12/h6,8,10,12,17H,2-5,7,9,11H2,1H3,(H,21,22,23). The Morgan fingerprint density at radius 3 is 2.81 bits per heavy atom. The Morgan fingerprint density at radius 2 is 2.08 bits per heavy atom. The number of thioether (sulfide) groups is 1. The number of rotatable bonds is 9. The fourth-order valence-corrected chi connectivity index (χ4v) is 4.00. The van der Waals surface area contributed by atoms with Crippen LogP contribution < -0.4 is 9.47 Å². The molecule has 0 atom stereocenters. The summed E-state index contributed by atoms with van der Waals surface area (Å²) in [5, 5.41) is 7.95. The summed E-state index contributed by atoms with van der Waals surface area (Å²) in [6, 6.07) is 4.92. The van der Waals surface area contributed by atoms with Crippen LogP contribution in [0.15, 0.2) is 23.4 Å².